The number of nitrogens with two attached hydrogens (primary N) is 1. The standard InChI is InChI=1S/C27H25ClN4O2/c1-14-5-8-19-17(9-14)27(25(34)31-19)18(13-29)24(30)32(20-10-16(28)7-6-15(20)2)21-11-26(3,4)12-22(33)23(21)27/h5-10H,11-12,30H2,1-4H3,(H,31,34). The SMILES string of the molecule is Cc1ccc2c(c1)C1(C(=O)N2)C(C#N)=C(N)N(c2cc(Cl)ccc2C)C2=C1C(=O)CC(C)(C)C2. The van der Waals surface area contributed by atoms with Crippen molar-refractivity contribution in [1.29, 1.82) is 5.26 Å². The molecule has 7 heteroatoms. The summed E-state index contributed by atoms with van der Waals surface area (Å²) in [6, 6.07) is 13.2. The smallest absolute Gasteiger partial charge is 0.245 e. The fourth-order valence-corrected chi connectivity index (χ4v) is 5.80. The van der Waals surface area contributed by atoms with Crippen LogP contribution in [0.2, 0.25) is 5.02 Å². The molecule has 6 nitrogen and oxygen atoms in total. The van der Waals surface area contributed by atoms with Gasteiger partial charge in [-0.1, -0.05) is 49.2 Å². The van der Waals surface area contributed by atoms with Crippen molar-refractivity contribution < 1.29 is 9.59 Å². The van der Waals surface area contributed by atoms with E-state index in [0.29, 0.717) is 39.7 Å². The van der Waals surface area contributed by atoms with Gasteiger partial charge in [0.2, 0.25) is 5.91 Å². The first-order chi connectivity index (χ1) is 16.0. The lowest BCUT2D eigenvalue weighted by molar-refractivity contribution is -0.123. The Morgan fingerprint density at radius 3 is 2.56 bits per heavy atom. The lowest BCUT2D eigenvalue weighted by atomic mass is 9.60. The van der Waals surface area contributed by atoms with Crippen LogP contribution in [-0.4, -0.2) is 11.7 Å². The van der Waals surface area contributed by atoms with Gasteiger partial charge < -0.3 is 11.1 Å². The molecule has 1 amide bonds. The van der Waals surface area contributed by atoms with Crippen molar-refractivity contribution in [2.45, 2.75) is 46.0 Å². The average Bonchev–Trinajstić information content (AvgIpc) is 3.01. The zero-order valence-corrected chi connectivity index (χ0v) is 20.3. The molecular weight excluding hydrogens is 448 g/mol. The molecule has 3 N–H and O–H groups in total. The van der Waals surface area contributed by atoms with Crippen LogP contribution in [0.25, 0.3) is 0 Å². The first-order valence-corrected chi connectivity index (χ1v) is 11.5. The fraction of sp³-hybridized carbons (Fsp3) is 0.296. The van der Waals surface area contributed by atoms with Crippen LogP contribution in [0.1, 0.15) is 43.4 Å². The number of fused-ring (bicyclic) bond motifs is 3. The van der Waals surface area contributed by atoms with Gasteiger partial charge in [0.25, 0.3) is 0 Å². The summed E-state index contributed by atoms with van der Waals surface area (Å²) in [5, 5.41) is 13.8. The number of hydrogen-bond donors (Lipinski definition) is 2. The minimum Gasteiger partial charge on any atom is -0.384 e. The number of allylic oxidation sites excluding steroid dienone is 1. The van der Waals surface area contributed by atoms with E-state index in [9.17, 15) is 14.9 Å². The number of nitriles is 1. The predicted molar refractivity (Wildman–Crippen MR) is 132 cm³/mol. The van der Waals surface area contributed by atoms with E-state index in [-0.39, 0.29) is 29.0 Å². The monoisotopic (exact) mass is 472 g/mol. The van der Waals surface area contributed by atoms with Crippen LogP contribution in [-0.2, 0) is 15.0 Å². The van der Waals surface area contributed by atoms with Gasteiger partial charge in [-0.2, -0.15) is 5.26 Å². The molecule has 1 aliphatic carbocycles. The van der Waals surface area contributed by atoms with Gasteiger partial charge in [0.1, 0.15) is 17.3 Å². The maximum absolute atomic E-state index is 13.9. The van der Waals surface area contributed by atoms with Gasteiger partial charge in [0.05, 0.1) is 11.3 Å². The van der Waals surface area contributed by atoms with Gasteiger partial charge in [0, 0.05) is 34.0 Å². The van der Waals surface area contributed by atoms with Gasteiger partial charge >= 0.3 is 0 Å². The molecule has 2 aromatic carbocycles. The number of ketones is 1. The molecular formula is C27H25ClN4O2. The number of nitrogens with one attached hydrogen (secondary N) is 1. The Bertz CT molecular complexity index is 1410. The Morgan fingerprint density at radius 1 is 1.12 bits per heavy atom. The second-order valence-electron chi connectivity index (χ2n) is 10.2. The minimum atomic E-state index is -1.58. The molecule has 1 spiro atoms. The van der Waals surface area contributed by atoms with Crippen molar-refractivity contribution in [2.24, 2.45) is 11.1 Å². The number of hydrogen-bond acceptors (Lipinski definition) is 5. The van der Waals surface area contributed by atoms with E-state index < -0.39 is 11.3 Å². The lowest BCUT2D eigenvalue weighted by Gasteiger charge is -2.47. The number of carbonyl (C=O) groups excluding carboxylic acids is 2. The summed E-state index contributed by atoms with van der Waals surface area (Å²) in [5.41, 5.74) is 9.54. The maximum atomic E-state index is 13.9. The molecule has 2 heterocycles. The number of nitrogens with zero attached hydrogens (tertiary/aromatic N) is 2. The first kappa shape index (κ1) is 22.2. The normalized spacial score (nSPS) is 23.1. The number of anilines is 2. The second kappa shape index (κ2) is 7.22. The number of Topliss-reactive ketones (excluding diaryl/α,β-unsaturated/α-hetero) is 1. The topological polar surface area (TPSA) is 99.2 Å². The average molecular weight is 473 g/mol. The quantitative estimate of drug-likeness (QED) is 0.608. The number of benzene rings is 2. The third kappa shape index (κ3) is 2.87. The molecule has 2 aliphatic heterocycles. The first-order valence-electron chi connectivity index (χ1n) is 11.2. The zero-order valence-electron chi connectivity index (χ0n) is 19.5. The molecule has 0 saturated carbocycles. The van der Waals surface area contributed by atoms with Crippen molar-refractivity contribution in [2.75, 3.05) is 10.2 Å². The third-order valence-corrected chi connectivity index (χ3v) is 7.30. The van der Waals surface area contributed by atoms with Crippen molar-refractivity contribution in [3.63, 3.8) is 0 Å². The molecule has 0 radical (unpaired) electrons. The minimum absolute atomic E-state index is 0.0560. The molecule has 0 saturated heterocycles. The Morgan fingerprint density at radius 2 is 1.85 bits per heavy atom. The number of carbonyl (C=O) groups is 2. The molecule has 172 valence electrons. The van der Waals surface area contributed by atoms with Crippen molar-refractivity contribution in [1.82, 2.24) is 0 Å². The summed E-state index contributed by atoms with van der Waals surface area (Å²) in [6.45, 7) is 7.89. The predicted octanol–water partition coefficient (Wildman–Crippen LogP) is 5.00. The third-order valence-electron chi connectivity index (χ3n) is 7.06. The molecule has 0 bridgehead atoms. The van der Waals surface area contributed by atoms with E-state index in [2.05, 4.69) is 11.4 Å². The summed E-state index contributed by atoms with van der Waals surface area (Å²) in [7, 11) is 0. The Hall–Kier alpha value is -3.56. The van der Waals surface area contributed by atoms with E-state index in [1.165, 1.54) is 0 Å². The zero-order chi connectivity index (χ0) is 24.6. The molecule has 1 atom stereocenters. The van der Waals surface area contributed by atoms with E-state index >= 15 is 0 Å². The van der Waals surface area contributed by atoms with Crippen LogP contribution in [0.4, 0.5) is 11.4 Å². The Labute approximate surface area is 203 Å². The maximum Gasteiger partial charge on any atom is 0.245 e. The van der Waals surface area contributed by atoms with Gasteiger partial charge in [0.15, 0.2) is 5.78 Å². The molecule has 34 heavy (non-hydrogen) atoms. The van der Waals surface area contributed by atoms with Gasteiger partial charge in [-0.15, -0.1) is 0 Å². The summed E-state index contributed by atoms with van der Waals surface area (Å²) in [5.74, 6) is -0.432. The lowest BCUT2D eigenvalue weighted by Crippen LogP contribution is -2.52. The fourth-order valence-electron chi connectivity index (χ4n) is 5.63. The van der Waals surface area contributed by atoms with Gasteiger partial charge in [-0.3, -0.25) is 14.5 Å². The Balaban J connectivity index is 1.93. The highest BCUT2D eigenvalue weighted by molar-refractivity contribution is 6.31. The summed E-state index contributed by atoms with van der Waals surface area (Å²) in [4.78, 5) is 29.4. The van der Waals surface area contributed by atoms with E-state index in [1.807, 2.05) is 52.0 Å². The van der Waals surface area contributed by atoms with Gasteiger partial charge in [-0.05, 0) is 49.4 Å². The van der Waals surface area contributed by atoms with E-state index in [1.54, 1.807) is 17.0 Å². The van der Waals surface area contributed by atoms with Gasteiger partial charge in [-0.25, -0.2) is 0 Å². The van der Waals surface area contributed by atoms with Crippen molar-refractivity contribution in [3.05, 3.63) is 80.8 Å². The van der Waals surface area contributed by atoms with Crippen molar-refractivity contribution in [3.8, 4) is 6.07 Å². The summed E-state index contributed by atoms with van der Waals surface area (Å²) < 4.78 is 0. The second-order valence-corrected chi connectivity index (χ2v) is 10.6. The van der Waals surface area contributed by atoms with Crippen LogP contribution in [0, 0.1) is 30.6 Å². The van der Waals surface area contributed by atoms with Crippen LogP contribution < -0.4 is 16.0 Å². The van der Waals surface area contributed by atoms with Crippen LogP contribution >= 0.6 is 11.6 Å². The van der Waals surface area contributed by atoms with Crippen LogP contribution in [0.15, 0.2) is 59.1 Å². The largest absolute Gasteiger partial charge is 0.384 e. The van der Waals surface area contributed by atoms with Crippen molar-refractivity contribution >= 4 is 34.7 Å². The highest BCUT2D eigenvalue weighted by atomic mass is 35.5. The number of halogens is 1. The molecule has 2 aromatic rings. The number of amides is 1. The van der Waals surface area contributed by atoms with Crippen LogP contribution in [0.3, 0.4) is 0 Å². The molecule has 0 fully saturated rings. The molecule has 5 rings (SSSR count). The molecule has 3 aliphatic rings. The number of aryl methyl sites for hydroxylation is 2. The molecule has 1 unspecified atom stereocenters. The van der Waals surface area contributed by atoms with Crippen LogP contribution in [0.5, 0.6) is 0 Å². The summed E-state index contributed by atoms with van der Waals surface area (Å²) >= 11 is 6.35. The number of rotatable bonds is 1. The molecule has 0 aromatic heterocycles. The van der Waals surface area contributed by atoms with E-state index in [0.717, 1.165) is 11.1 Å². The summed E-state index contributed by atoms with van der Waals surface area (Å²) in [6.07, 6.45) is 0.776. The highest BCUT2D eigenvalue weighted by Crippen LogP contribution is 2.57. The van der Waals surface area contributed by atoms with E-state index in [4.69, 9.17) is 17.3 Å². The highest BCUT2D eigenvalue weighted by Gasteiger charge is 2.61. The Kier molecular flexibility index (Phi) is 4.72.